The van der Waals surface area contributed by atoms with E-state index in [0.29, 0.717) is 0 Å². The molecule has 0 aliphatic heterocycles. The molecule has 0 bridgehead atoms. The average Bonchev–Trinajstić information content (AvgIpc) is 1.41. The first kappa shape index (κ1) is 30.7. The molecule has 0 saturated heterocycles. The van der Waals surface area contributed by atoms with E-state index >= 15 is 0 Å². The van der Waals surface area contributed by atoms with Gasteiger partial charge < -0.3 is 37.2 Å². The summed E-state index contributed by atoms with van der Waals surface area (Å²) < 4.78 is 0. The monoisotopic (exact) mass is 248 g/mol. The molecule has 0 nitrogen and oxygen atoms in total. The first-order valence-corrected chi connectivity index (χ1v) is 3.86. The van der Waals surface area contributed by atoms with Crippen LogP contribution in [0.15, 0.2) is 0 Å². The Balaban J connectivity index is -0.0000000133. The zero-order chi connectivity index (χ0) is 4.12. The third kappa shape index (κ3) is 40.6. The fraction of sp³-hybridized carbons (Fsp3) is 1.00. The maximum absolute atomic E-state index is 2.25. The fourth-order valence-corrected chi connectivity index (χ4v) is 0.866. The van der Waals surface area contributed by atoms with Crippen molar-refractivity contribution in [2.45, 2.75) is 24.4 Å². The van der Waals surface area contributed by atoms with E-state index in [0.717, 1.165) is 15.2 Å². The Morgan fingerprint density at radius 1 is 0.889 bits per heavy atom. The van der Waals surface area contributed by atoms with Gasteiger partial charge in [0.05, 0.1) is 0 Å². The molecular weight excluding hydrogens is 240 g/mol. The smallest absolute Gasteiger partial charge is 1.00 e. The Morgan fingerprint density at radius 2 is 1.11 bits per heavy atom. The molecule has 0 aliphatic carbocycles. The number of rotatable bonds is 2. The van der Waals surface area contributed by atoms with Crippen molar-refractivity contribution in [1.82, 2.24) is 0 Å². The first-order chi connectivity index (χ1) is 2.41. The normalized spacial score (nSPS) is 3.78. The predicted octanol–water partition coefficient (Wildman–Crippen LogP) is -7.42. The van der Waals surface area contributed by atoms with Crippen LogP contribution in [-0.4, -0.2) is 15.2 Å². The Kier molecular flexibility index (Phi) is 111. The van der Waals surface area contributed by atoms with Crippen LogP contribution in [0.4, 0.5) is 0 Å². The second-order valence-corrected chi connectivity index (χ2v) is 3.32. The van der Waals surface area contributed by atoms with Gasteiger partial charge in [-0.25, -0.2) is 0 Å². The van der Waals surface area contributed by atoms with Crippen LogP contribution in [0.25, 0.3) is 0 Å². The van der Waals surface area contributed by atoms with Crippen molar-refractivity contribution >= 4 is 15.2 Å². The van der Waals surface area contributed by atoms with Crippen LogP contribution in [-0.2, 0) is 16.5 Å². The Morgan fingerprint density at radius 3 is 1.11 bits per heavy atom. The minimum absolute atomic E-state index is 0. The summed E-state index contributed by atoms with van der Waals surface area (Å²) in [6, 6.07) is 0. The Labute approximate surface area is 92.8 Å². The zero-order valence-corrected chi connectivity index (χ0v) is 9.85. The SMILES string of the molecule is C[CH2][Al+][CH2]C.[Cl-].[Cl-].[Cl-].[Ni+2]. The van der Waals surface area contributed by atoms with Crippen LogP contribution < -0.4 is 37.2 Å². The van der Waals surface area contributed by atoms with Crippen LogP contribution in [0, 0.1) is 0 Å². The van der Waals surface area contributed by atoms with Crippen molar-refractivity contribution < 1.29 is 53.7 Å². The van der Waals surface area contributed by atoms with Crippen LogP contribution in [0.3, 0.4) is 0 Å². The maximum atomic E-state index is 2.25. The Hall–Kier alpha value is 1.90. The quantitative estimate of drug-likeness (QED) is 0.427. The van der Waals surface area contributed by atoms with Gasteiger partial charge in [-0.3, -0.25) is 0 Å². The third-order valence-electron chi connectivity index (χ3n) is 0.577. The van der Waals surface area contributed by atoms with Crippen molar-refractivity contribution in [1.29, 1.82) is 0 Å². The van der Waals surface area contributed by atoms with Gasteiger partial charge in [0, 0.05) is 0 Å². The summed E-state index contributed by atoms with van der Waals surface area (Å²) in [6.07, 6.45) is 0. The van der Waals surface area contributed by atoms with Crippen LogP contribution in [0.2, 0.25) is 10.6 Å². The molecule has 0 aromatic rings. The standard InChI is InChI=1S/2C2H5.Al.3ClH.Ni/c2*1-2;;;;;/h2*1H2,2H3;;3*1H;/q;;+1;;;;+2/p-3. The van der Waals surface area contributed by atoms with E-state index in [4.69, 9.17) is 0 Å². The summed E-state index contributed by atoms with van der Waals surface area (Å²) in [7, 11) is 0. The molecule has 0 amide bonds. The van der Waals surface area contributed by atoms with Gasteiger partial charge in [0.25, 0.3) is 0 Å². The molecule has 0 spiro atoms. The van der Waals surface area contributed by atoms with Crippen molar-refractivity contribution in [3.63, 3.8) is 0 Å². The summed E-state index contributed by atoms with van der Waals surface area (Å²) in [5, 5.41) is 2.85. The largest absolute Gasteiger partial charge is 2.00 e. The third-order valence-corrected chi connectivity index (χ3v) is 1.73. The Bertz CT molecular complexity index is 23.3. The molecule has 9 heavy (non-hydrogen) atoms. The molecule has 0 rings (SSSR count). The number of hydrogen-bond acceptors (Lipinski definition) is 0. The molecule has 0 aromatic heterocycles. The van der Waals surface area contributed by atoms with E-state index in [1.165, 1.54) is 10.6 Å². The van der Waals surface area contributed by atoms with Crippen molar-refractivity contribution in [2.75, 3.05) is 0 Å². The molecule has 0 atom stereocenters. The second-order valence-electron chi connectivity index (χ2n) is 1.11. The van der Waals surface area contributed by atoms with Gasteiger partial charge in [0.2, 0.25) is 0 Å². The van der Waals surface area contributed by atoms with E-state index < -0.39 is 0 Å². The van der Waals surface area contributed by atoms with E-state index in [1.807, 2.05) is 0 Å². The van der Waals surface area contributed by atoms with E-state index in [-0.39, 0.29) is 53.7 Å². The molecule has 5 heteroatoms. The van der Waals surface area contributed by atoms with Gasteiger partial charge in [-0.15, -0.1) is 0 Å². The minimum Gasteiger partial charge on any atom is -1.00 e. The van der Waals surface area contributed by atoms with Crippen LogP contribution in [0.1, 0.15) is 13.8 Å². The van der Waals surface area contributed by atoms with E-state index in [1.54, 1.807) is 0 Å². The van der Waals surface area contributed by atoms with Crippen molar-refractivity contribution in [2.24, 2.45) is 0 Å². The van der Waals surface area contributed by atoms with Gasteiger partial charge in [0.1, 0.15) is 0 Å². The minimum atomic E-state index is 0. The first-order valence-electron chi connectivity index (χ1n) is 2.23. The van der Waals surface area contributed by atoms with Crippen LogP contribution in [0.5, 0.6) is 0 Å². The molecule has 0 unspecified atom stereocenters. The molecule has 60 valence electrons. The van der Waals surface area contributed by atoms with Gasteiger partial charge in [0.15, 0.2) is 0 Å². The van der Waals surface area contributed by atoms with Crippen LogP contribution >= 0.6 is 0 Å². The van der Waals surface area contributed by atoms with Gasteiger partial charge >= 0.3 is 56.1 Å². The summed E-state index contributed by atoms with van der Waals surface area (Å²) in [4.78, 5) is 0. The topological polar surface area (TPSA) is 0 Å². The van der Waals surface area contributed by atoms with Gasteiger partial charge in [-0.2, -0.15) is 0 Å². The van der Waals surface area contributed by atoms with Gasteiger partial charge in [-0.05, 0) is 0 Å². The van der Waals surface area contributed by atoms with Crippen molar-refractivity contribution in [3.05, 3.63) is 0 Å². The molecule has 0 N–H and O–H groups in total. The fourth-order valence-electron chi connectivity index (χ4n) is 0.289. The molecular formula is C4H10AlCl3Ni. The average molecular weight is 250 g/mol. The molecule has 0 saturated carbocycles. The second kappa shape index (κ2) is 32.7. The zero-order valence-electron chi connectivity index (χ0n) is 5.44. The molecule has 0 fully saturated rings. The summed E-state index contributed by atoms with van der Waals surface area (Å²) in [5.41, 5.74) is 0. The summed E-state index contributed by atoms with van der Waals surface area (Å²) in [5.74, 6) is 0. The maximum Gasteiger partial charge on any atom is 2.00 e. The molecule has 0 aromatic carbocycles. The van der Waals surface area contributed by atoms with Gasteiger partial charge in [-0.1, -0.05) is 0 Å². The molecule has 0 radical (unpaired) electrons. The molecule has 0 aliphatic rings. The number of hydrogen-bond donors (Lipinski definition) is 0. The number of halogens is 3. The predicted molar refractivity (Wildman–Crippen MR) is 26.7 cm³/mol. The van der Waals surface area contributed by atoms with E-state index in [2.05, 4.69) is 13.8 Å². The molecule has 0 heterocycles. The van der Waals surface area contributed by atoms with E-state index in [9.17, 15) is 0 Å². The summed E-state index contributed by atoms with van der Waals surface area (Å²) >= 11 is 0.815. The van der Waals surface area contributed by atoms with Crippen molar-refractivity contribution in [3.8, 4) is 0 Å². The summed E-state index contributed by atoms with van der Waals surface area (Å²) in [6.45, 7) is 4.50.